The van der Waals surface area contributed by atoms with Gasteiger partial charge >= 0.3 is 0 Å². The van der Waals surface area contributed by atoms with Crippen LogP contribution in [0.2, 0.25) is 0 Å². The van der Waals surface area contributed by atoms with Crippen molar-refractivity contribution in [3.05, 3.63) is 35.9 Å². The summed E-state index contributed by atoms with van der Waals surface area (Å²) in [5, 5.41) is 2.11. The van der Waals surface area contributed by atoms with Gasteiger partial charge in [0.2, 0.25) is 0 Å². The highest BCUT2D eigenvalue weighted by Crippen LogP contribution is 2.20. The third-order valence-corrected chi connectivity index (χ3v) is 2.16. The van der Waals surface area contributed by atoms with E-state index < -0.39 is 0 Å². The Morgan fingerprint density at radius 3 is 2.64 bits per heavy atom. The van der Waals surface area contributed by atoms with E-state index in [-0.39, 0.29) is 11.8 Å². The summed E-state index contributed by atoms with van der Waals surface area (Å²) < 4.78 is 0. The molecule has 1 atom stereocenters. The van der Waals surface area contributed by atoms with Gasteiger partial charge in [0.05, 0.1) is 11.1 Å². The fourth-order valence-electron chi connectivity index (χ4n) is 1.36. The number of carbonyl (C=O) groups excluding carboxylic acids is 1. The maximum absolute atomic E-state index is 11.5. The molecule has 2 nitrogen and oxygen atoms in total. The normalized spacial score (nSPS) is 11.5. The Morgan fingerprint density at radius 2 is 2.14 bits per heavy atom. The second-order valence-electron chi connectivity index (χ2n) is 2.91. The van der Waals surface area contributed by atoms with Crippen molar-refractivity contribution in [3.8, 4) is 0 Å². The lowest BCUT2D eigenvalue weighted by Crippen LogP contribution is -2.08. The van der Waals surface area contributed by atoms with Gasteiger partial charge in [0, 0.05) is 0 Å². The van der Waals surface area contributed by atoms with Gasteiger partial charge < -0.3 is 0 Å². The van der Waals surface area contributed by atoms with Crippen molar-refractivity contribution in [3.63, 3.8) is 0 Å². The van der Waals surface area contributed by atoms with Crippen LogP contribution < -0.4 is 0 Å². The molecule has 0 saturated heterocycles. The van der Waals surface area contributed by atoms with E-state index >= 15 is 0 Å². The first-order valence-electron chi connectivity index (χ1n) is 4.46. The summed E-state index contributed by atoms with van der Waals surface area (Å²) in [5.74, 6) is -0.402. The minimum absolute atomic E-state index is 0.188. The highest BCUT2D eigenvalue weighted by Gasteiger charge is 2.16. The van der Waals surface area contributed by atoms with E-state index in [1.165, 1.54) is 0 Å². The summed E-state index contributed by atoms with van der Waals surface area (Å²) in [4.78, 5) is 15.0. The topological polar surface area (TPSA) is 29.4 Å². The number of hydrogen-bond acceptors (Lipinski definition) is 2. The molecule has 0 saturated carbocycles. The predicted octanol–water partition coefficient (Wildman–Crippen LogP) is 2.81. The summed E-state index contributed by atoms with van der Waals surface area (Å²) in [5.41, 5.74) is 0.981. The average molecular weight is 205 g/mol. The summed E-state index contributed by atoms with van der Waals surface area (Å²) in [7, 11) is 0. The number of carbonyl (C=O) groups is 1. The molecule has 0 fully saturated rings. The van der Waals surface area contributed by atoms with E-state index in [0.29, 0.717) is 0 Å². The summed E-state index contributed by atoms with van der Waals surface area (Å²) >= 11 is 4.41. The number of thiocarbonyl (C=S) groups is 1. The Hall–Kier alpha value is -1.31. The molecule has 0 aliphatic heterocycles. The van der Waals surface area contributed by atoms with Gasteiger partial charge in [0.1, 0.15) is 0 Å². The van der Waals surface area contributed by atoms with Crippen molar-refractivity contribution < 1.29 is 4.79 Å². The molecule has 0 bridgehead atoms. The molecule has 0 N–H and O–H groups in total. The highest BCUT2D eigenvalue weighted by molar-refractivity contribution is 7.78. The number of benzene rings is 1. The predicted molar refractivity (Wildman–Crippen MR) is 59.5 cm³/mol. The molecule has 0 aliphatic carbocycles. The summed E-state index contributed by atoms with van der Waals surface area (Å²) in [6.45, 7) is 1.95. The van der Waals surface area contributed by atoms with Gasteiger partial charge in [-0.15, -0.1) is 0 Å². The second kappa shape index (κ2) is 5.43. The Morgan fingerprint density at radius 1 is 1.50 bits per heavy atom. The average Bonchev–Trinajstić information content (AvgIpc) is 2.21. The number of amides is 1. The molecule has 72 valence electrons. The molecule has 0 aliphatic rings. The van der Waals surface area contributed by atoms with Gasteiger partial charge in [-0.2, -0.15) is 4.99 Å². The van der Waals surface area contributed by atoms with Crippen molar-refractivity contribution in [2.75, 3.05) is 0 Å². The summed E-state index contributed by atoms with van der Waals surface area (Å²) in [6.07, 6.45) is 0.726. The summed E-state index contributed by atoms with van der Waals surface area (Å²) in [6, 6.07) is 9.58. The number of rotatable bonds is 3. The third-order valence-electron chi connectivity index (χ3n) is 2.06. The molecule has 1 aromatic rings. The number of isothiocyanates is 1. The van der Waals surface area contributed by atoms with Crippen LogP contribution in [0.15, 0.2) is 35.3 Å². The quantitative estimate of drug-likeness (QED) is 0.561. The van der Waals surface area contributed by atoms with Crippen LogP contribution in [0, 0.1) is 0 Å². The molecular formula is C11H11NOS. The Balaban J connectivity index is 2.93. The molecule has 1 rings (SSSR count). The van der Waals surface area contributed by atoms with Crippen LogP contribution in [0.4, 0.5) is 0 Å². The van der Waals surface area contributed by atoms with E-state index in [9.17, 15) is 4.79 Å². The minimum atomic E-state index is -0.214. The highest BCUT2D eigenvalue weighted by atomic mass is 32.1. The van der Waals surface area contributed by atoms with Crippen molar-refractivity contribution in [2.24, 2.45) is 4.99 Å². The van der Waals surface area contributed by atoms with Crippen molar-refractivity contribution in [1.29, 1.82) is 0 Å². The SMILES string of the molecule is CCC(C(=O)N=C=S)c1ccccc1. The number of aliphatic imine (C=N–C) groups is 1. The fourth-order valence-corrected chi connectivity index (χ4v) is 1.45. The first-order valence-corrected chi connectivity index (χ1v) is 4.87. The Bertz CT molecular complexity index is 355. The first kappa shape index (κ1) is 10.8. The van der Waals surface area contributed by atoms with Crippen LogP contribution in [0.1, 0.15) is 24.8 Å². The van der Waals surface area contributed by atoms with Crippen molar-refractivity contribution >= 4 is 23.3 Å². The van der Waals surface area contributed by atoms with Crippen molar-refractivity contribution in [2.45, 2.75) is 19.3 Å². The molecule has 0 aromatic heterocycles. The van der Waals surface area contributed by atoms with E-state index in [1.54, 1.807) is 0 Å². The lowest BCUT2D eigenvalue weighted by molar-refractivity contribution is -0.119. The maximum Gasteiger partial charge on any atom is 0.262 e. The largest absolute Gasteiger partial charge is 0.271 e. The Kier molecular flexibility index (Phi) is 4.17. The molecule has 1 amide bonds. The van der Waals surface area contributed by atoms with Gasteiger partial charge in [0.25, 0.3) is 5.91 Å². The molecule has 3 heteroatoms. The van der Waals surface area contributed by atoms with Crippen molar-refractivity contribution in [1.82, 2.24) is 0 Å². The maximum atomic E-state index is 11.5. The van der Waals surface area contributed by atoms with Crippen LogP contribution in [-0.2, 0) is 4.79 Å². The lowest BCUT2D eigenvalue weighted by Gasteiger charge is -2.09. The van der Waals surface area contributed by atoms with E-state index in [0.717, 1.165) is 12.0 Å². The molecule has 0 radical (unpaired) electrons. The molecule has 0 heterocycles. The fraction of sp³-hybridized carbons (Fsp3) is 0.273. The molecule has 1 aromatic carbocycles. The number of nitrogens with zero attached hydrogens (tertiary/aromatic N) is 1. The van der Waals surface area contributed by atoms with Gasteiger partial charge in [-0.25, -0.2) is 0 Å². The van der Waals surface area contributed by atoms with Crippen LogP contribution in [0.5, 0.6) is 0 Å². The van der Waals surface area contributed by atoms with E-state index in [4.69, 9.17) is 0 Å². The zero-order valence-corrected chi connectivity index (χ0v) is 8.75. The molecule has 1 unspecified atom stereocenters. The lowest BCUT2D eigenvalue weighted by atomic mass is 9.96. The van der Waals surface area contributed by atoms with Crippen LogP contribution in [-0.4, -0.2) is 11.1 Å². The van der Waals surface area contributed by atoms with E-state index in [1.807, 2.05) is 37.3 Å². The van der Waals surface area contributed by atoms with Gasteiger partial charge in [-0.3, -0.25) is 4.79 Å². The smallest absolute Gasteiger partial charge is 0.262 e. The second-order valence-corrected chi connectivity index (χ2v) is 3.10. The standard InChI is InChI=1S/C11H11NOS/c1-2-10(11(13)12-8-14)9-6-4-3-5-7-9/h3-7,10H,2H2,1H3. The molecule has 0 spiro atoms. The third kappa shape index (κ3) is 2.59. The molecule has 14 heavy (non-hydrogen) atoms. The van der Waals surface area contributed by atoms with Crippen LogP contribution in [0.25, 0.3) is 0 Å². The zero-order valence-electron chi connectivity index (χ0n) is 7.93. The van der Waals surface area contributed by atoms with E-state index in [2.05, 4.69) is 22.4 Å². The van der Waals surface area contributed by atoms with Gasteiger partial charge in [0.15, 0.2) is 0 Å². The Labute approximate surface area is 88.7 Å². The monoisotopic (exact) mass is 205 g/mol. The zero-order chi connectivity index (χ0) is 10.4. The van der Waals surface area contributed by atoms with Gasteiger partial charge in [-0.05, 0) is 24.2 Å². The van der Waals surface area contributed by atoms with Crippen LogP contribution >= 0.6 is 12.2 Å². The van der Waals surface area contributed by atoms with Crippen LogP contribution in [0.3, 0.4) is 0 Å². The molecular weight excluding hydrogens is 194 g/mol. The minimum Gasteiger partial charge on any atom is -0.271 e. The number of hydrogen-bond donors (Lipinski definition) is 0. The van der Waals surface area contributed by atoms with Gasteiger partial charge in [-0.1, -0.05) is 37.3 Å². The first-order chi connectivity index (χ1) is 6.79.